The van der Waals surface area contributed by atoms with Crippen molar-refractivity contribution in [3.05, 3.63) is 12.2 Å². The van der Waals surface area contributed by atoms with Crippen molar-refractivity contribution in [3.8, 4) is 0 Å². The molecule has 0 radical (unpaired) electrons. The van der Waals surface area contributed by atoms with Gasteiger partial charge in [0.2, 0.25) is 0 Å². The van der Waals surface area contributed by atoms with E-state index in [-0.39, 0.29) is 22.7 Å². The van der Waals surface area contributed by atoms with Crippen molar-refractivity contribution in [1.82, 2.24) is 0 Å². The van der Waals surface area contributed by atoms with Gasteiger partial charge in [-0.1, -0.05) is 19.9 Å². The largest absolute Gasteiger partial charge is 0.481 e. The van der Waals surface area contributed by atoms with Crippen LogP contribution in [0.2, 0.25) is 0 Å². The van der Waals surface area contributed by atoms with Crippen LogP contribution in [0.25, 0.3) is 0 Å². The average Bonchev–Trinajstić information content (AvgIpc) is 3.36. The molecule has 4 saturated carbocycles. The molecule has 7 rings (SSSR count). The Balaban J connectivity index is 1.02. The second-order valence-electron chi connectivity index (χ2n) is 18.0. The van der Waals surface area contributed by atoms with E-state index in [1.54, 1.807) is 0 Å². The molecule has 1 spiro atoms. The van der Waals surface area contributed by atoms with Crippen LogP contribution in [0.3, 0.4) is 0 Å². The van der Waals surface area contributed by atoms with E-state index in [1.807, 2.05) is 6.92 Å². The van der Waals surface area contributed by atoms with Gasteiger partial charge in [0.25, 0.3) is 0 Å². The molecule has 0 aromatic rings. The molecule has 21 atom stereocenters. The second-order valence-corrected chi connectivity index (χ2v) is 18.0. The molecule has 56 heavy (non-hydrogen) atoms. The molecule has 0 unspecified atom stereocenters. The molecule has 3 saturated heterocycles. The lowest BCUT2D eigenvalue weighted by molar-refractivity contribution is -0.383. The first-order valence-corrected chi connectivity index (χ1v) is 19.9. The molecule has 7 aliphatic rings. The lowest BCUT2D eigenvalue weighted by Gasteiger charge is -2.64. The van der Waals surface area contributed by atoms with Gasteiger partial charge in [0, 0.05) is 0 Å². The van der Waals surface area contributed by atoms with Gasteiger partial charge < -0.3 is 84.6 Å². The topological polar surface area (TPSA) is 295 Å². The molecule has 7 fully saturated rings. The molecule has 0 aromatic carbocycles. The van der Waals surface area contributed by atoms with Crippen molar-refractivity contribution in [2.24, 2.45) is 28.1 Å². The van der Waals surface area contributed by atoms with E-state index in [0.717, 1.165) is 37.7 Å². The number of hydrogen-bond acceptors (Lipinski definition) is 17. The van der Waals surface area contributed by atoms with Crippen LogP contribution in [0, 0.1) is 28.1 Å². The number of fused-ring (bicyclic) bond motifs is 3. The summed E-state index contributed by atoms with van der Waals surface area (Å²) in [5, 5.41) is 116. The van der Waals surface area contributed by atoms with Crippen LogP contribution in [-0.2, 0) is 33.2 Å². The Labute approximate surface area is 324 Å². The highest BCUT2D eigenvalue weighted by Crippen LogP contribution is 2.73. The zero-order chi connectivity index (χ0) is 40.7. The number of hydrogen-bond donors (Lipinski definition) is 11. The van der Waals surface area contributed by atoms with Crippen LogP contribution in [0.5, 0.6) is 0 Å². The van der Waals surface area contributed by atoms with Gasteiger partial charge in [0.15, 0.2) is 18.9 Å². The Kier molecular flexibility index (Phi) is 11.9. The number of carbonyl (C=O) groups is 1. The number of ether oxygens (including phenoxy) is 6. The maximum absolute atomic E-state index is 12.5. The van der Waals surface area contributed by atoms with Crippen molar-refractivity contribution in [1.29, 1.82) is 0 Å². The van der Waals surface area contributed by atoms with Crippen LogP contribution in [0.4, 0.5) is 0 Å². The summed E-state index contributed by atoms with van der Waals surface area (Å²) in [6.45, 7) is 6.27. The predicted octanol–water partition coefficient (Wildman–Crippen LogP) is -2.37. The fourth-order valence-electron chi connectivity index (χ4n) is 12.1. The minimum absolute atomic E-state index is 0.0429. The Hall–Kier alpha value is -1.43. The molecule has 320 valence electrons. The highest BCUT2D eigenvalue weighted by Gasteiger charge is 2.69. The number of aliphatic hydroxyl groups is 10. The lowest BCUT2D eigenvalue weighted by Crippen LogP contribution is -2.67. The van der Waals surface area contributed by atoms with E-state index in [2.05, 4.69) is 13.5 Å². The highest BCUT2D eigenvalue weighted by molar-refractivity contribution is 5.75. The van der Waals surface area contributed by atoms with Crippen molar-refractivity contribution in [2.75, 3.05) is 19.8 Å². The smallest absolute Gasteiger partial charge is 0.309 e. The Morgan fingerprint density at radius 1 is 0.679 bits per heavy atom. The van der Waals surface area contributed by atoms with Crippen LogP contribution in [0.1, 0.15) is 71.6 Å². The number of carboxylic acid groups (broad SMARTS) is 1. The van der Waals surface area contributed by atoms with Crippen molar-refractivity contribution in [3.63, 3.8) is 0 Å². The molecule has 3 aliphatic heterocycles. The van der Waals surface area contributed by atoms with Crippen LogP contribution < -0.4 is 0 Å². The highest BCUT2D eigenvalue weighted by atomic mass is 16.8. The molecular formula is C38H60O18. The van der Waals surface area contributed by atoms with Gasteiger partial charge in [-0.05, 0) is 86.5 Å². The minimum Gasteiger partial charge on any atom is -0.481 e. The van der Waals surface area contributed by atoms with Crippen LogP contribution >= 0.6 is 0 Å². The average molecular weight is 805 g/mol. The zero-order valence-electron chi connectivity index (χ0n) is 31.8. The van der Waals surface area contributed by atoms with Crippen molar-refractivity contribution in [2.45, 2.75) is 169 Å². The zero-order valence-corrected chi connectivity index (χ0v) is 31.8. The molecule has 4 aliphatic carbocycles. The lowest BCUT2D eigenvalue weighted by atomic mass is 9.41. The number of aliphatic carboxylic acids is 1. The van der Waals surface area contributed by atoms with Crippen molar-refractivity contribution >= 4 is 5.97 Å². The first-order valence-electron chi connectivity index (χ1n) is 19.9. The van der Waals surface area contributed by atoms with E-state index >= 15 is 0 Å². The van der Waals surface area contributed by atoms with Gasteiger partial charge in [-0.3, -0.25) is 4.79 Å². The summed E-state index contributed by atoms with van der Waals surface area (Å²) in [5.41, 5.74) is -1.21. The van der Waals surface area contributed by atoms with Gasteiger partial charge >= 0.3 is 5.97 Å². The van der Waals surface area contributed by atoms with E-state index in [0.29, 0.717) is 25.7 Å². The van der Waals surface area contributed by atoms with E-state index in [9.17, 15) is 61.0 Å². The fraction of sp³-hybridized carbons (Fsp3) is 0.921. The summed E-state index contributed by atoms with van der Waals surface area (Å²) in [5.74, 6) is -0.451. The standard InChI is InChI=1S/C38H60O18/c1-16-11-37-9-5-20-35(2,7-4-8-36(20,3)34(49)50)21(37)6-10-38(16,15-37)56-33-28(48)25(45)30(19(14-41)53-33)55-32-27(47)24(44)29(18(13-40)52-32)54-31-26(46)23(43)22(42)17(12-39)51-31/h17-33,39-48H,1,4-15H2,2-3H3,(H,49,50)/t17-,18-,19-,20+,21+,22-,23+,24-,25-,26-,27-,28-,29-,30-,31-,32-,33+,35-,36-,37-,38+/m1/s1. The maximum atomic E-state index is 12.5. The fourth-order valence-corrected chi connectivity index (χ4v) is 12.1. The number of rotatable bonds is 10. The van der Waals surface area contributed by atoms with E-state index in [1.165, 1.54) is 0 Å². The summed E-state index contributed by atoms with van der Waals surface area (Å²) in [4.78, 5) is 12.5. The van der Waals surface area contributed by atoms with E-state index in [4.69, 9.17) is 28.4 Å². The Morgan fingerprint density at radius 3 is 1.77 bits per heavy atom. The molecule has 2 bridgehead atoms. The van der Waals surface area contributed by atoms with Crippen LogP contribution in [-0.4, -0.2) is 180 Å². The molecule has 11 N–H and O–H groups in total. The third-order valence-corrected chi connectivity index (χ3v) is 15.0. The van der Waals surface area contributed by atoms with Crippen molar-refractivity contribution < 1.29 is 89.4 Å². The summed E-state index contributed by atoms with van der Waals surface area (Å²) in [7, 11) is 0. The third-order valence-electron chi connectivity index (χ3n) is 15.0. The van der Waals surface area contributed by atoms with E-state index < -0.39 is 129 Å². The number of carboxylic acids is 1. The number of aliphatic hydroxyl groups excluding tert-OH is 10. The molecule has 18 nitrogen and oxygen atoms in total. The molecule has 18 heteroatoms. The normalized spacial score (nSPS) is 54.6. The third kappa shape index (κ3) is 6.69. The summed E-state index contributed by atoms with van der Waals surface area (Å²) in [6, 6.07) is 0. The first kappa shape index (κ1) is 42.7. The molecule has 0 aromatic heterocycles. The maximum Gasteiger partial charge on any atom is 0.309 e. The van der Waals surface area contributed by atoms with Gasteiger partial charge in [-0.15, -0.1) is 0 Å². The van der Waals surface area contributed by atoms with Gasteiger partial charge in [-0.2, -0.15) is 0 Å². The summed E-state index contributed by atoms with van der Waals surface area (Å²) < 4.78 is 35.1. The Morgan fingerprint density at radius 2 is 1.20 bits per heavy atom. The van der Waals surface area contributed by atoms with Gasteiger partial charge in [0.05, 0.1) is 30.8 Å². The summed E-state index contributed by atoms with van der Waals surface area (Å²) >= 11 is 0. The van der Waals surface area contributed by atoms with Gasteiger partial charge in [0.1, 0.15) is 73.2 Å². The predicted molar refractivity (Wildman–Crippen MR) is 187 cm³/mol. The Bertz CT molecular complexity index is 1450. The molecule has 0 amide bonds. The quantitative estimate of drug-likeness (QED) is 0.0812. The monoisotopic (exact) mass is 804 g/mol. The molecule has 3 heterocycles. The van der Waals surface area contributed by atoms with Crippen LogP contribution in [0.15, 0.2) is 12.2 Å². The second kappa shape index (κ2) is 15.6. The first-order chi connectivity index (χ1) is 26.4. The van der Waals surface area contributed by atoms with Gasteiger partial charge in [-0.25, -0.2) is 0 Å². The molecular weight excluding hydrogens is 744 g/mol. The minimum atomic E-state index is -1.94. The summed E-state index contributed by atoms with van der Waals surface area (Å²) in [6.07, 6.45) is -18.2. The SMILES string of the molecule is C=C1C[C@@]23CC[C@H]4[C@@](C)(CCC[C@@]4(C)C(=O)O)[C@@H]2CC[C@]1(O[C@@H]1O[C@H](CO)[C@@H](O[C@H]2O[C@H](CO)[C@@H](O[C@H]4O[C@H](CO)[C@@H](O)[C@H](O)[C@H]4O)[C@H](O)[C@H]2O)[C@H](O)[C@H]1O)C3.